The molecule has 0 fully saturated rings. The summed E-state index contributed by atoms with van der Waals surface area (Å²) >= 11 is 10.9. The Morgan fingerprint density at radius 3 is 1.73 bits per heavy atom. The number of rotatable bonds is 2. The number of ketones is 1. The molecule has 0 N–H and O–H groups in total. The molecule has 0 aromatic heterocycles. The van der Waals surface area contributed by atoms with Crippen molar-refractivity contribution in [2.45, 2.75) is 6.18 Å². The highest BCUT2D eigenvalue weighted by Crippen LogP contribution is 2.26. The third-order valence-corrected chi connectivity index (χ3v) is 3.42. The van der Waals surface area contributed by atoms with Crippen LogP contribution >= 0.6 is 23.2 Å². The number of hydrogen-bond acceptors (Lipinski definition) is 3. The van der Waals surface area contributed by atoms with Crippen LogP contribution in [0.3, 0.4) is 0 Å². The molecule has 0 aliphatic carbocycles. The van der Waals surface area contributed by atoms with E-state index in [4.69, 9.17) is 23.2 Å². The van der Waals surface area contributed by atoms with Crippen molar-refractivity contribution >= 4 is 35.0 Å². The molecule has 0 bridgehead atoms. The summed E-state index contributed by atoms with van der Waals surface area (Å²) < 4.78 is 65.2. The van der Waals surface area contributed by atoms with Crippen molar-refractivity contribution in [1.29, 1.82) is 0 Å². The molecule has 140 valence electrons. The molecule has 0 aliphatic heterocycles. The molecule has 0 heterocycles. The van der Waals surface area contributed by atoms with Gasteiger partial charge in [-0.25, -0.2) is 13.6 Å². The Labute approximate surface area is 154 Å². The van der Waals surface area contributed by atoms with E-state index in [1.165, 1.54) is 19.2 Å². The first-order valence-electron chi connectivity index (χ1n) is 6.57. The van der Waals surface area contributed by atoms with Crippen molar-refractivity contribution in [2.24, 2.45) is 0 Å². The summed E-state index contributed by atoms with van der Waals surface area (Å²) in [4.78, 5) is 21.6. The van der Waals surface area contributed by atoms with Crippen LogP contribution in [0.25, 0.3) is 0 Å². The molecule has 2 aromatic rings. The van der Waals surface area contributed by atoms with Crippen molar-refractivity contribution in [1.82, 2.24) is 0 Å². The van der Waals surface area contributed by atoms with Crippen LogP contribution in [0.15, 0.2) is 36.4 Å². The Bertz CT molecular complexity index is 822. The summed E-state index contributed by atoms with van der Waals surface area (Å²) in [6.45, 7) is 0. The maximum Gasteiger partial charge on any atom is 0.454 e. The highest BCUT2D eigenvalue weighted by molar-refractivity contribution is 6.34. The van der Waals surface area contributed by atoms with Crippen LogP contribution in [0.5, 0.6) is 0 Å². The monoisotopic (exact) mass is 414 g/mol. The Morgan fingerprint density at radius 2 is 1.31 bits per heavy atom. The van der Waals surface area contributed by atoms with Crippen LogP contribution in [-0.4, -0.2) is 25.0 Å². The second-order valence-corrected chi connectivity index (χ2v) is 5.38. The summed E-state index contributed by atoms with van der Waals surface area (Å²) in [7, 11) is 1.21. The van der Waals surface area contributed by atoms with Crippen molar-refractivity contribution < 1.29 is 36.3 Å². The number of carbonyl (C=O) groups excluding carboxylic acids is 2. The van der Waals surface area contributed by atoms with E-state index < -0.39 is 40.1 Å². The van der Waals surface area contributed by atoms with Crippen LogP contribution in [0.2, 0.25) is 10.0 Å². The summed E-state index contributed by atoms with van der Waals surface area (Å²) in [5, 5.41) is -0.239. The maximum atomic E-state index is 12.6. The molecule has 3 nitrogen and oxygen atoms in total. The second kappa shape index (κ2) is 8.95. The molecule has 2 aromatic carbocycles. The predicted octanol–water partition coefficient (Wildman–Crippen LogP) is 5.49. The van der Waals surface area contributed by atoms with Gasteiger partial charge in [-0.1, -0.05) is 23.2 Å². The van der Waals surface area contributed by atoms with E-state index in [0.717, 1.165) is 18.2 Å². The summed E-state index contributed by atoms with van der Waals surface area (Å²) in [5.74, 6) is -4.25. The van der Waals surface area contributed by atoms with Crippen LogP contribution < -0.4 is 0 Å². The van der Waals surface area contributed by atoms with Gasteiger partial charge in [-0.3, -0.25) is 4.79 Å². The van der Waals surface area contributed by atoms with E-state index in [-0.39, 0.29) is 10.6 Å². The lowest BCUT2D eigenvalue weighted by Gasteiger charge is -2.06. The van der Waals surface area contributed by atoms with Crippen LogP contribution in [-0.2, 0) is 4.74 Å². The highest BCUT2D eigenvalue weighted by atomic mass is 35.5. The Morgan fingerprint density at radius 1 is 0.885 bits per heavy atom. The molecule has 0 saturated heterocycles. The van der Waals surface area contributed by atoms with E-state index in [1.54, 1.807) is 0 Å². The standard InChI is InChI=1S/C8H3ClF4O.C8H6ClFO2/c9-6-2-1-4(10)3-5(6)7(14)8(11,12)13;1-12-8(11)6-4-5(10)2-3-7(6)9/h1-3H;2-4H,1H3. The topological polar surface area (TPSA) is 43.4 Å². The third-order valence-electron chi connectivity index (χ3n) is 2.76. The highest BCUT2D eigenvalue weighted by Gasteiger charge is 2.40. The zero-order valence-electron chi connectivity index (χ0n) is 12.8. The molecular weight excluding hydrogens is 406 g/mol. The average molecular weight is 415 g/mol. The number of carbonyl (C=O) groups is 2. The van der Waals surface area contributed by atoms with Gasteiger partial charge in [0.2, 0.25) is 0 Å². The fourth-order valence-corrected chi connectivity index (χ4v) is 1.99. The van der Waals surface area contributed by atoms with Crippen molar-refractivity contribution in [3.05, 3.63) is 69.2 Å². The van der Waals surface area contributed by atoms with Crippen LogP contribution in [0.4, 0.5) is 22.0 Å². The number of benzene rings is 2. The molecule has 0 amide bonds. The predicted molar refractivity (Wildman–Crippen MR) is 84.5 cm³/mol. The minimum absolute atomic E-state index is 0.0409. The minimum Gasteiger partial charge on any atom is -0.465 e. The summed E-state index contributed by atoms with van der Waals surface area (Å²) in [6, 6.07) is 5.75. The SMILES string of the molecule is COC(=O)c1cc(F)ccc1Cl.O=C(c1cc(F)ccc1Cl)C(F)(F)F. The fourth-order valence-electron chi connectivity index (χ4n) is 1.59. The van der Waals surface area contributed by atoms with Gasteiger partial charge in [0.1, 0.15) is 11.6 Å². The third kappa shape index (κ3) is 5.96. The zero-order valence-corrected chi connectivity index (χ0v) is 14.3. The van der Waals surface area contributed by atoms with Gasteiger partial charge in [-0.05, 0) is 36.4 Å². The second-order valence-electron chi connectivity index (χ2n) is 4.57. The van der Waals surface area contributed by atoms with E-state index in [1.807, 2.05) is 0 Å². The Hall–Kier alpha value is -2.19. The summed E-state index contributed by atoms with van der Waals surface area (Å²) in [5.41, 5.74) is -0.835. The van der Waals surface area contributed by atoms with Crippen LogP contribution in [0.1, 0.15) is 20.7 Å². The smallest absolute Gasteiger partial charge is 0.454 e. The largest absolute Gasteiger partial charge is 0.465 e. The average Bonchev–Trinajstić information content (AvgIpc) is 2.57. The van der Waals surface area contributed by atoms with Gasteiger partial charge in [-0.2, -0.15) is 13.2 Å². The van der Waals surface area contributed by atoms with Crippen molar-refractivity contribution in [3.8, 4) is 0 Å². The Balaban J connectivity index is 0.000000263. The van der Waals surface area contributed by atoms with Gasteiger partial charge in [0.05, 0.1) is 22.7 Å². The van der Waals surface area contributed by atoms with E-state index in [0.29, 0.717) is 6.07 Å². The van der Waals surface area contributed by atoms with E-state index in [9.17, 15) is 31.5 Å². The molecule has 0 atom stereocenters. The molecule has 10 heteroatoms. The number of alkyl halides is 3. The molecule has 26 heavy (non-hydrogen) atoms. The number of hydrogen-bond donors (Lipinski definition) is 0. The fraction of sp³-hybridized carbons (Fsp3) is 0.125. The maximum absolute atomic E-state index is 12.6. The van der Waals surface area contributed by atoms with Gasteiger partial charge >= 0.3 is 12.1 Å². The summed E-state index contributed by atoms with van der Waals surface area (Å²) in [6.07, 6.45) is -5.04. The molecule has 0 saturated carbocycles. The molecule has 0 spiro atoms. The number of Topliss-reactive ketones (excluding diaryl/α,β-unsaturated/α-hetero) is 1. The molecule has 2 rings (SSSR count). The molecular formula is C16H9Cl2F5O3. The van der Waals surface area contributed by atoms with E-state index >= 15 is 0 Å². The van der Waals surface area contributed by atoms with Gasteiger partial charge < -0.3 is 4.74 Å². The van der Waals surface area contributed by atoms with Crippen LogP contribution in [0, 0.1) is 11.6 Å². The first kappa shape index (κ1) is 21.9. The van der Waals surface area contributed by atoms with Crippen molar-refractivity contribution in [2.75, 3.05) is 7.11 Å². The lowest BCUT2D eigenvalue weighted by Crippen LogP contribution is -2.23. The molecule has 0 unspecified atom stereocenters. The first-order chi connectivity index (χ1) is 12.0. The lowest BCUT2D eigenvalue weighted by molar-refractivity contribution is -0.0885. The number of halogens is 7. The quantitative estimate of drug-likeness (QED) is 0.370. The number of ether oxygens (including phenoxy) is 1. The molecule has 0 aliphatic rings. The first-order valence-corrected chi connectivity index (χ1v) is 7.33. The van der Waals surface area contributed by atoms with E-state index in [2.05, 4.69) is 4.74 Å². The van der Waals surface area contributed by atoms with Gasteiger partial charge in [0, 0.05) is 5.56 Å². The number of methoxy groups -OCH3 is 1. The minimum atomic E-state index is -5.04. The van der Waals surface area contributed by atoms with Gasteiger partial charge in [0.15, 0.2) is 0 Å². The zero-order chi connectivity index (χ0) is 20.1. The van der Waals surface area contributed by atoms with Gasteiger partial charge in [0.25, 0.3) is 5.78 Å². The van der Waals surface area contributed by atoms with Gasteiger partial charge in [-0.15, -0.1) is 0 Å². The number of esters is 1. The van der Waals surface area contributed by atoms with Crippen molar-refractivity contribution in [3.63, 3.8) is 0 Å². The lowest BCUT2D eigenvalue weighted by atomic mass is 10.1. The molecule has 0 radical (unpaired) electrons. The Kier molecular flexibility index (Phi) is 7.53. The normalized spacial score (nSPS) is 10.6.